The van der Waals surface area contributed by atoms with Crippen molar-refractivity contribution in [3.8, 4) is 0 Å². The van der Waals surface area contributed by atoms with Crippen LogP contribution in [-0.2, 0) is 0 Å². The molecule has 82 valence electrons. The van der Waals surface area contributed by atoms with Crippen LogP contribution in [0.4, 0.5) is 0 Å². The Balaban J connectivity index is 0.000000531. The van der Waals surface area contributed by atoms with Gasteiger partial charge < -0.3 is 0 Å². The van der Waals surface area contributed by atoms with Gasteiger partial charge in [-0.3, -0.25) is 0 Å². The van der Waals surface area contributed by atoms with Crippen LogP contribution < -0.4 is 0 Å². The van der Waals surface area contributed by atoms with Crippen molar-refractivity contribution < 1.29 is 0 Å². The molecule has 3 nitrogen and oxygen atoms in total. The summed E-state index contributed by atoms with van der Waals surface area (Å²) in [5.74, 6) is 0.515. The highest BCUT2D eigenvalue weighted by molar-refractivity contribution is 5.37. The molecular weight excluding hydrogens is 186 g/mol. The molecular formula is C12H19N3. The first-order valence-electron chi connectivity index (χ1n) is 5.61. The summed E-state index contributed by atoms with van der Waals surface area (Å²) in [5.41, 5.74) is 2.05. The fourth-order valence-corrected chi connectivity index (χ4v) is 1.30. The van der Waals surface area contributed by atoms with E-state index >= 15 is 0 Å². The van der Waals surface area contributed by atoms with Crippen molar-refractivity contribution in [2.75, 3.05) is 0 Å². The van der Waals surface area contributed by atoms with Crippen molar-refractivity contribution in [1.82, 2.24) is 14.6 Å². The third-order valence-electron chi connectivity index (χ3n) is 2.37. The SMILES string of the molecule is CC.CCC(C)c1cn2ncccc2n1. The number of rotatable bonds is 2. The predicted octanol–water partition coefficient (Wildman–Crippen LogP) is 3.27. The maximum absolute atomic E-state index is 4.48. The molecule has 1 unspecified atom stereocenters. The highest BCUT2D eigenvalue weighted by Gasteiger charge is 2.07. The highest BCUT2D eigenvalue weighted by Crippen LogP contribution is 2.17. The van der Waals surface area contributed by atoms with E-state index in [1.165, 1.54) is 0 Å². The lowest BCUT2D eigenvalue weighted by molar-refractivity contribution is 0.712. The number of fused-ring (bicyclic) bond motifs is 1. The second-order valence-corrected chi connectivity index (χ2v) is 3.30. The summed E-state index contributed by atoms with van der Waals surface area (Å²) >= 11 is 0. The minimum absolute atomic E-state index is 0.515. The summed E-state index contributed by atoms with van der Waals surface area (Å²) < 4.78 is 1.82. The molecule has 0 aliphatic rings. The first-order valence-corrected chi connectivity index (χ1v) is 5.61. The topological polar surface area (TPSA) is 30.2 Å². The summed E-state index contributed by atoms with van der Waals surface area (Å²) in [7, 11) is 0. The maximum atomic E-state index is 4.48. The van der Waals surface area contributed by atoms with Gasteiger partial charge in [-0.15, -0.1) is 0 Å². The second-order valence-electron chi connectivity index (χ2n) is 3.30. The molecule has 0 aromatic carbocycles. The maximum Gasteiger partial charge on any atom is 0.153 e. The van der Waals surface area contributed by atoms with Crippen LogP contribution in [0.2, 0.25) is 0 Å². The summed E-state index contributed by atoms with van der Waals surface area (Å²) in [6, 6.07) is 3.88. The van der Waals surface area contributed by atoms with Gasteiger partial charge >= 0.3 is 0 Å². The Hall–Kier alpha value is -1.38. The van der Waals surface area contributed by atoms with Crippen LogP contribution in [0.5, 0.6) is 0 Å². The van der Waals surface area contributed by atoms with E-state index in [-0.39, 0.29) is 0 Å². The summed E-state index contributed by atoms with van der Waals surface area (Å²) in [5, 5.41) is 4.17. The van der Waals surface area contributed by atoms with Crippen LogP contribution in [0.25, 0.3) is 5.65 Å². The van der Waals surface area contributed by atoms with Gasteiger partial charge in [0.2, 0.25) is 0 Å². The van der Waals surface area contributed by atoms with Gasteiger partial charge in [0.25, 0.3) is 0 Å². The Morgan fingerprint density at radius 1 is 1.40 bits per heavy atom. The summed E-state index contributed by atoms with van der Waals surface area (Å²) in [6.45, 7) is 8.35. The molecule has 0 N–H and O–H groups in total. The highest BCUT2D eigenvalue weighted by atomic mass is 15.2. The molecule has 0 saturated heterocycles. The van der Waals surface area contributed by atoms with Crippen LogP contribution in [0.15, 0.2) is 24.5 Å². The Bertz CT molecular complexity index is 373. The van der Waals surface area contributed by atoms with Crippen molar-refractivity contribution in [2.45, 2.75) is 40.0 Å². The summed E-state index contributed by atoms with van der Waals surface area (Å²) in [4.78, 5) is 4.48. The lowest BCUT2D eigenvalue weighted by Gasteiger charge is -2.00. The molecule has 0 spiro atoms. The molecule has 0 bridgehead atoms. The van der Waals surface area contributed by atoms with Gasteiger partial charge in [-0.2, -0.15) is 5.10 Å². The number of hydrogen-bond acceptors (Lipinski definition) is 2. The smallest absolute Gasteiger partial charge is 0.153 e. The van der Waals surface area contributed by atoms with E-state index in [2.05, 4.69) is 23.9 Å². The Morgan fingerprint density at radius 2 is 2.13 bits per heavy atom. The zero-order valence-electron chi connectivity index (χ0n) is 9.94. The third-order valence-corrected chi connectivity index (χ3v) is 2.37. The zero-order valence-corrected chi connectivity index (χ0v) is 9.94. The zero-order chi connectivity index (χ0) is 11.3. The molecule has 0 fully saturated rings. The van der Waals surface area contributed by atoms with Gasteiger partial charge in [-0.25, -0.2) is 9.50 Å². The van der Waals surface area contributed by atoms with E-state index in [9.17, 15) is 0 Å². The van der Waals surface area contributed by atoms with E-state index in [1.807, 2.05) is 36.7 Å². The van der Waals surface area contributed by atoms with Crippen molar-refractivity contribution in [2.24, 2.45) is 0 Å². The standard InChI is InChI=1S/C10H13N3.C2H6/c1-3-8(2)9-7-13-10(12-9)5-4-6-11-13;1-2/h4-8H,3H2,1-2H3;1-2H3. The first kappa shape index (κ1) is 11.7. The minimum Gasteiger partial charge on any atom is -0.232 e. The number of hydrogen-bond donors (Lipinski definition) is 0. The van der Waals surface area contributed by atoms with E-state index in [0.717, 1.165) is 17.8 Å². The third kappa shape index (κ3) is 2.55. The Labute approximate surface area is 91.2 Å². The molecule has 1 atom stereocenters. The molecule has 0 amide bonds. The number of nitrogens with zero attached hydrogens (tertiary/aromatic N) is 3. The molecule has 2 aromatic heterocycles. The fourth-order valence-electron chi connectivity index (χ4n) is 1.30. The predicted molar refractivity (Wildman–Crippen MR) is 63.0 cm³/mol. The molecule has 0 saturated carbocycles. The van der Waals surface area contributed by atoms with Crippen LogP contribution in [0.1, 0.15) is 45.7 Å². The number of aromatic nitrogens is 3. The molecule has 2 heterocycles. The quantitative estimate of drug-likeness (QED) is 0.753. The van der Waals surface area contributed by atoms with Crippen LogP contribution in [0.3, 0.4) is 0 Å². The fraction of sp³-hybridized carbons (Fsp3) is 0.500. The number of imidazole rings is 1. The van der Waals surface area contributed by atoms with Crippen LogP contribution in [0, 0.1) is 0 Å². The molecule has 0 aliphatic heterocycles. The van der Waals surface area contributed by atoms with Gasteiger partial charge in [-0.1, -0.05) is 27.7 Å². The molecule has 2 rings (SSSR count). The van der Waals surface area contributed by atoms with Gasteiger partial charge in [0.1, 0.15) is 0 Å². The van der Waals surface area contributed by atoms with Crippen LogP contribution >= 0.6 is 0 Å². The monoisotopic (exact) mass is 205 g/mol. The van der Waals surface area contributed by atoms with E-state index in [1.54, 1.807) is 6.20 Å². The van der Waals surface area contributed by atoms with Crippen LogP contribution in [-0.4, -0.2) is 14.6 Å². The second kappa shape index (κ2) is 5.49. The minimum atomic E-state index is 0.515. The van der Waals surface area contributed by atoms with E-state index in [0.29, 0.717) is 5.92 Å². The largest absolute Gasteiger partial charge is 0.232 e. The summed E-state index contributed by atoms with van der Waals surface area (Å²) in [6.07, 6.45) is 4.89. The van der Waals surface area contributed by atoms with Crippen molar-refractivity contribution in [3.63, 3.8) is 0 Å². The van der Waals surface area contributed by atoms with E-state index < -0.39 is 0 Å². The van der Waals surface area contributed by atoms with Gasteiger partial charge in [-0.05, 0) is 24.5 Å². The molecule has 2 aromatic rings. The lowest BCUT2D eigenvalue weighted by Crippen LogP contribution is -1.90. The van der Waals surface area contributed by atoms with Gasteiger partial charge in [0, 0.05) is 6.20 Å². The van der Waals surface area contributed by atoms with Crippen molar-refractivity contribution in [1.29, 1.82) is 0 Å². The van der Waals surface area contributed by atoms with Gasteiger partial charge in [0.05, 0.1) is 11.9 Å². The normalized spacial score (nSPS) is 12.0. The molecule has 15 heavy (non-hydrogen) atoms. The molecule has 0 radical (unpaired) electrons. The molecule has 0 aliphatic carbocycles. The van der Waals surface area contributed by atoms with Crippen molar-refractivity contribution >= 4 is 5.65 Å². The van der Waals surface area contributed by atoms with Gasteiger partial charge in [0.15, 0.2) is 5.65 Å². The van der Waals surface area contributed by atoms with Crippen molar-refractivity contribution in [3.05, 3.63) is 30.2 Å². The Morgan fingerprint density at radius 3 is 2.73 bits per heavy atom. The average molecular weight is 205 g/mol. The van der Waals surface area contributed by atoms with E-state index in [4.69, 9.17) is 0 Å². The first-order chi connectivity index (χ1) is 7.31. The molecule has 3 heteroatoms. The lowest BCUT2D eigenvalue weighted by atomic mass is 10.1. The average Bonchev–Trinajstić information content (AvgIpc) is 2.74. The Kier molecular flexibility index (Phi) is 4.28.